The van der Waals surface area contributed by atoms with Crippen molar-refractivity contribution in [3.8, 4) is 5.75 Å². The third-order valence-corrected chi connectivity index (χ3v) is 9.22. The van der Waals surface area contributed by atoms with Crippen LogP contribution in [0.3, 0.4) is 0 Å². The molecule has 2 aromatic carbocycles. The highest BCUT2D eigenvalue weighted by molar-refractivity contribution is 6.05. The molecule has 0 spiro atoms. The summed E-state index contributed by atoms with van der Waals surface area (Å²) in [6, 6.07) is 15.6. The second-order valence-electron chi connectivity index (χ2n) is 12.2. The van der Waals surface area contributed by atoms with Gasteiger partial charge in [-0.25, -0.2) is 4.98 Å². The molecule has 4 amide bonds. The van der Waals surface area contributed by atoms with Gasteiger partial charge >= 0.3 is 0 Å². The minimum atomic E-state index is -0.622. The molecule has 3 fully saturated rings. The number of piperidine rings is 1. The summed E-state index contributed by atoms with van der Waals surface area (Å²) >= 11 is 0. The highest BCUT2D eigenvalue weighted by Gasteiger charge is 2.39. The van der Waals surface area contributed by atoms with Crippen molar-refractivity contribution in [3.63, 3.8) is 0 Å². The lowest BCUT2D eigenvalue weighted by atomic mass is 10.0. The Kier molecular flexibility index (Phi) is 7.41. The fourth-order valence-electron chi connectivity index (χ4n) is 6.80. The first-order valence-corrected chi connectivity index (χ1v) is 15.4. The highest BCUT2D eigenvalue weighted by Crippen LogP contribution is 2.31. The van der Waals surface area contributed by atoms with E-state index in [2.05, 4.69) is 45.4 Å². The van der Waals surface area contributed by atoms with Crippen LogP contribution in [-0.2, 0) is 27.5 Å². The molecule has 3 aromatic rings. The second kappa shape index (κ2) is 11.5. The minimum absolute atomic E-state index is 0.0459. The third-order valence-electron chi connectivity index (χ3n) is 9.22. The molecule has 7 rings (SSSR count). The van der Waals surface area contributed by atoms with Crippen LogP contribution in [0.5, 0.6) is 5.75 Å². The Hall–Kier alpha value is -4.51. The summed E-state index contributed by atoms with van der Waals surface area (Å²) < 4.78 is 6.35. The smallest absolute Gasteiger partial charge is 0.255 e. The van der Waals surface area contributed by atoms with Gasteiger partial charge in [-0.05, 0) is 66.4 Å². The Labute approximate surface area is 255 Å². The lowest BCUT2D eigenvalue weighted by Crippen LogP contribution is -2.52. The number of piperazine rings is 1. The Balaban J connectivity index is 0.941. The van der Waals surface area contributed by atoms with Gasteiger partial charge in [0.1, 0.15) is 23.7 Å². The van der Waals surface area contributed by atoms with E-state index in [-0.39, 0.29) is 30.2 Å². The lowest BCUT2D eigenvalue weighted by molar-refractivity contribution is -0.137. The number of benzene rings is 2. The average Bonchev–Trinajstić information content (AvgIpc) is 3.59. The molecule has 0 aliphatic carbocycles. The summed E-state index contributed by atoms with van der Waals surface area (Å²) in [4.78, 5) is 61.5. The standard InChI is InChI=1S/C33H36N6O5/c1-21(40)37-12-14-38(15-13-37)30-8-3-23-16-22(2-6-28(23)34-30)18-36-11-10-26(20-36)44-25-4-5-27-24(17-25)19-39(33(27)43)29-7-9-31(41)35-32(29)42/h2-6,8,16-17,26,29H,7,9-15,18-20H2,1H3,(H,35,41,42). The van der Waals surface area contributed by atoms with Gasteiger partial charge in [-0.2, -0.15) is 0 Å². The molecule has 1 N–H and O–H groups in total. The number of rotatable bonds is 6. The van der Waals surface area contributed by atoms with Crippen LogP contribution in [0.25, 0.3) is 10.9 Å². The summed E-state index contributed by atoms with van der Waals surface area (Å²) in [5.41, 5.74) is 3.63. The number of aromatic nitrogens is 1. The van der Waals surface area contributed by atoms with Crippen LogP contribution in [0.1, 0.15) is 47.7 Å². The van der Waals surface area contributed by atoms with Crippen molar-refractivity contribution in [2.45, 2.75) is 51.4 Å². The Morgan fingerprint density at radius 1 is 0.977 bits per heavy atom. The van der Waals surface area contributed by atoms with Crippen molar-refractivity contribution < 1.29 is 23.9 Å². The molecule has 0 radical (unpaired) electrons. The first kappa shape index (κ1) is 28.3. The van der Waals surface area contributed by atoms with E-state index in [0.29, 0.717) is 18.5 Å². The second-order valence-corrected chi connectivity index (χ2v) is 12.2. The van der Waals surface area contributed by atoms with Crippen molar-refractivity contribution in [3.05, 3.63) is 65.2 Å². The quantitative estimate of drug-likeness (QED) is 0.432. The number of anilines is 1. The predicted octanol–water partition coefficient (Wildman–Crippen LogP) is 2.32. The number of fused-ring (bicyclic) bond motifs is 2. The molecule has 0 bridgehead atoms. The van der Waals surface area contributed by atoms with Crippen molar-refractivity contribution in [2.75, 3.05) is 44.2 Å². The molecular formula is C33H36N6O5. The summed E-state index contributed by atoms with van der Waals surface area (Å²) in [6.45, 7) is 7.55. The highest BCUT2D eigenvalue weighted by atomic mass is 16.5. The van der Waals surface area contributed by atoms with Crippen LogP contribution in [0.4, 0.5) is 5.82 Å². The maximum Gasteiger partial charge on any atom is 0.255 e. The van der Waals surface area contributed by atoms with E-state index in [4.69, 9.17) is 9.72 Å². The van der Waals surface area contributed by atoms with Gasteiger partial charge in [0.15, 0.2) is 0 Å². The van der Waals surface area contributed by atoms with E-state index in [0.717, 1.165) is 80.3 Å². The molecule has 5 heterocycles. The van der Waals surface area contributed by atoms with Gasteiger partial charge in [0.25, 0.3) is 5.91 Å². The summed E-state index contributed by atoms with van der Waals surface area (Å²) in [6.07, 6.45) is 1.54. The fourth-order valence-corrected chi connectivity index (χ4v) is 6.80. The number of pyridine rings is 1. The molecular weight excluding hydrogens is 560 g/mol. The molecule has 1 aromatic heterocycles. The maximum atomic E-state index is 13.0. The summed E-state index contributed by atoms with van der Waals surface area (Å²) in [5.74, 6) is 0.929. The number of carbonyl (C=O) groups is 4. The Morgan fingerprint density at radius 3 is 2.61 bits per heavy atom. The van der Waals surface area contributed by atoms with E-state index in [9.17, 15) is 19.2 Å². The van der Waals surface area contributed by atoms with Crippen molar-refractivity contribution in [2.24, 2.45) is 0 Å². The van der Waals surface area contributed by atoms with Crippen LogP contribution in [0, 0.1) is 0 Å². The number of carbonyl (C=O) groups excluding carboxylic acids is 4. The van der Waals surface area contributed by atoms with Gasteiger partial charge < -0.3 is 19.4 Å². The maximum absolute atomic E-state index is 13.0. The van der Waals surface area contributed by atoms with Gasteiger partial charge in [-0.1, -0.05) is 6.07 Å². The number of imide groups is 1. The van der Waals surface area contributed by atoms with Crippen LogP contribution in [-0.4, -0.2) is 94.7 Å². The molecule has 228 valence electrons. The van der Waals surface area contributed by atoms with E-state index < -0.39 is 11.9 Å². The first-order chi connectivity index (χ1) is 21.3. The van der Waals surface area contributed by atoms with E-state index in [1.807, 2.05) is 17.0 Å². The molecule has 11 nitrogen and oxygen atoms in total. The SMILES string of the molecule is CC(=O)N1CCN(c2ccc3cc(CN4CCC(Oc5ccc6c(c5)CN(C5CCC(=O)NC5=O)C6=O)C4)ccc3n2)CC1. The largest absolute Gasteiger partial charge is 0.489 e. The zero-order valence-corrected chi connectivity index (χ0v) is 24.8. The molecule has 0 saturated carbocycles. The minimum Gasteiger partial charge on any atom is -0.489 e. The Morgan fingerprint density at radius 2 is 1.82 bits per heavy atom. The van der Waals surface area contributed by atoms with Crippen molar-refractivity contribution >= 4 is 40.3 Å². The van der Waals surface area contributed by atoms with Gasteiger partial charge in [0, 0.05) is 76.7 Å². The first-order valence-electron chi connectivity index (χ1n) is 15.4. The number of likely N-dealkylation sites (tertiary alicyclic amines) is 1. The molecule has 2 atom stereocenters. The summed E-state index contributed by atoms with van der Waals surface area (Å²) in [5, 5.41) is 3.46. The lowest BCUT2D eigenvalue weighted by Gasteiger charge is -2.35. The number of ether oxygens (including phenoxy) is 1. The number of nitrogens with one attached hydrogen (secondary N) is 1. The normalized spacial score (nSPS) is 22.5. The molecule has 4 aliphatic rings. The van der Waals surface area contributed by atoms with Gasteiger partial charge in [0.2, 0.25) is 17.7 Å². The molecule has 11 heteroatoms. The predicted molar refractivity (Wildman–Crippen MR) is 163 cm³/mol. The average molecular weight is 597 g/mol. The van der Waals surface area contributed by atoms with Crippen LogP contribution >= 0.6 is 0 Å². The van der Waals surface area contributed by atoms with E-state index in [1.165, 1.54) is 5.56 Å². The number of amides is 4. The third kappa shape index (κ3) is 5.59. The zero-order chi connectivity index (χ0) is 30.4. The van der Waals surface area contributed by atoms with Crippen LogP contribution in [0.15, 0.2) is 48.5 Å². The van der Waals surface area contributed by atoms with Gasteiger partial charge in [0.05, 0.1) is 5.52 Å². The van der Waals surface area contributed by atoms with Gasteiger partial charge in [-0.15, -0.1) is 0 Å². The number of hydrogen-bond acceptors (Lipinski definition) is 8. The zero-order valence-electron chi connectivity index (χ0n) is 24.8. The van der Waals surface area contributed by atoms with E-state index >= 15 is 0 Å². The molecule has 44 heavy (non-hydrogen) atoms. The van der Waals surface area contributed by atoms with Crippen LogP contribution in [0.2, 0.25) is 0 Å². The van der Waals surface area contributed by atoms with Gasteiger partial charge in [-0.3, -0.25) is 29.4 Å². The topological polar surface area (TPSA) is 115 Å². The van der Waals surface area contributed by atoms with Crippen LogP contribution < -0.4 is 15.0 Å². The monoisotopic (exact) mass is 596 g/mol. The number of hydrogen-bond donors (Lipinski definition) is 1. The fraction of sp³-hybridized carbons (Fsp3) is 0.424. The van der Waals surface area contributed by atoms with E-state index in [1.54, 1.807) is 17.9 Å². The van der Waals surface area contributed by atoms with Crippen molar-refractivity contribution in [1.82, 2.24) is 25.0 Å². The number of nitrogens with zero attached hydrogens (tertiary/aromatic N) is 5. The Bertz CT molecular complexity index is 1650. The molecule has 4 aliphatic heterocycles. The molecule has 2 unspecified atom stereocenters. The molecule has 3 saturated heterocycles. The van der Waals surface area contributed by atoms with Crippen molar-refractivity contribution in [1.29, 1.82) is 0 Å². The summed E-state index contributed by atoms with van der Waals surface area (Å²) in [7, 11) is 0.